The van der Waals surface area contributed by atoms with Crippen LogP contribution in [0.2, 0.25) is 0 Å². The number of pyridine rings is 1. The van der Waals surface area contributed by atoms with Gasteiger partial charge < -0.3 is 15.4 Å². The number of fused-ring (bicyclic) bond motifs is 1. The number of aromatic nitrogens is 1. The highest BCUT2D eigenvalue weighted by Crippen LogP contribution is 2.35. The molecule has 0 fully saturated rings. The Labute approximate surface area is 126 Å². The number of nitrogens with two attached hydrogens (primary N) is 1. The molecule has 0 unspecified atom stereocenters. The van der Waals surface area contributed by atoms with E-state index >= 15 is 0 Å². The summed E-state index contributed by atoms with van der Waals surface area (Å²) in [6, 6.07) is 6.11. The number of ether oxygens (including phenoxy) is 1. The quantitative estimate of drug-likeness (QED) is 0.918. The summed E-state index contributed by atoms with van der Waals surface area (Å²) < 4.78 is 5.91. The van der Waals surface area contributed by atoms with Gasteiger partial charge >= 0.3 is 0 Å². The number of benzene rings is 1. The smallest absolute Gasteiger partial charge is 0.145 e. The van der Waals surface area contributed by atoms with Gasteiger partial charge in [0.2, 0.25) is 0 Å². The lowest BCUT2D eigenvalue weighted by Crippen LogP contribution is -2.16. The second kappa shape index (κ2) is 6.31. The van der Waals surface area contributed by atoms with Gasteiger partial charge in [0.15, 0.2) is 0 Å². The van der Waals surface area contributed by atoms with Crippen molar-refractivity contribution < 1.29 is 4.74 Å². The van der Waals surface area contributed by atoms with Crippen molar-refractivity contribution in [3.8, 4) is 5.75 Å². The summed E-state index contributed by atoms with van der Waals surface area (Å²) in [7, 11) is 4.12. The van der Waals surface area contributed by atoms with Gasteiger partial charge in [-0.3, -0.25) is 0 Å². The van der Waals surface area contributed by atoms with Crippen LogP contribution >= 0.6 is 0 Å². The Bertz CT molecular complexity index is 635. The Kier molecular flexibility index (Phi) is 4.68. The third kappa shape index (κ3) is 3.10. The molecule has 0 amide bonds. The van der Waals surface area contributed by atoms with Crippen molar-refractivity contribution in [1.82, 2.24) is 4.98 Å². The van der Waals surface area contributed by atoms with E-state index in [0.717, 1.165) is 28.8 Å². The average Bonchev–Trinajstić information content (AvgIpc) is 2.39. The van der Waals surface area contributed by atoms with Crippen LogP contribution in [0.15, 0.2) is 18.2 Å². The molecule has 4 heteroatoms. The summed E-state index contributed by atoms with van der Waals surface area (Å²) in [4.78, 5) is 6.92. The van der Waals surface area contributed by atoms with E-state index < -0.39 is 0 Å². The molecule has 0 bridgehead atoms. The predicted molar refractivity (Wildman–Crippen MR) is 89.3 cm³/mol. The van der Waals surface area contributed by atoms with Crippen LogP contribution in [0.4, 0.5) is 5.69 Å². The minimum Gasteiger partial charge on any atom is -0.489 e. The third-order valence-corrected chi connectivity index (χ3v) is 3.46. The Balaban J connectivity index is 2.75. The second-order valence-electron chi connectivity index (χ2n) is 5.78. The fourth-order valence-corrected chi connectivity index (χ4v) is 2.70. The van der Waals surface area contributed by atoms with E-state index in [2.05, 4.69) is 25.1 Å². The molecule has 2 aromatic rings. The summed E-state index contributed by atoms with van der Waals surface area (Å²) in [5, 5.41) is 1.12. The van der Waals surface area contributed by atoms with Gasteiger partial charge in [0.25, 0.3) is 0 Å². The number of para-hydroxylation sites is 1. The zero-order valence-electron chi connectivity index (χ0n) is 13.6. The standard InChI is InChI=1S/C17H25N3O/c1-11(2)21-15-8-6-7-14-16(15)19-12(3)13(9-10-18)17(14)20(4)5/h6-8,11H,9-10,18H2,1-5H3. The normalized spacial score (nSPS) is 11.2. The Morgan fingerprint density at radius 3 is 2.57 bits per heavy atom. The number of aryl methyl sites for hydroxylation is 1. The first-order valence-electron chi connectivity index (χ1n) is 7.42. The number of hydrogen-bond acceptors (Lipinski definition) is 4. The van der Waals surface area contributed by atoms with Crippen molar-refractivity contribution in [3.05, 3.63) is 29.5 Å². The molecular formula is C17H25N3O. The van der Waals surface area contributed by atoms with Crippen LogP contribution in [0.3, 0.4) is 0 Å². The van der Waals surface area contributed by atoms with Crippen LogP contribution in [0.5, 0.6) is 5.75 Å². The van der Waals surface area contributed by atoms with E-state index in [1.807, 2.05) is 32.9 Å². The molecule has 1 aromatic heterocycles. The van der Waals surface area contributed by atoms with Gasteiger partial charge in [-0.25, -0.2) is 4.98 Å². The van der Waals surface area contributed by atoms with Crippen LogP contribution in [-0.4, -0.2) is 31.7 Å². The summed E-state index contributed by atoms with van der Waals surface area (Å²) in [5.74, 6) is 0.841. The summed E-state index contributed by atoms with van der Waals surface area (Å²) >= 11 is 0. The highest BCUT2D eigenvalue weighted by Gasteiger charge is 2.16. The zero-order chi connectivity index (χ0) is 15.6. The lowest BCUT2D eigenvalue weighted by Gasteiger charge is -2.22. The molecule has 0 aliphatic rings. The first kappa shape index (κ1) is 15.6. The van der Waals surface area contributed by atoms with Crippen LogP contribution in [0.25, 0.3) is 10.9 Å². The molecule has 1 aromatic carbocycles. The van der Waals surface area contributed by atoms with Crippen molar-refractivity contribution in [2.45, 2.75) is 33.3 Å². The number of rotatable bonds is 5. The third-order valence-electron chi connectivity index (χ3n) is 3.46. The van der Waals surface area contributed by atoms with E-state index in [9.17, 15) is 0 Å². The number of hydrogen-bond donors (Lipinski definition) is 1. The van der Waals surface area contributed by atoms with Crippen LogP contribution in [0.1, 0.15) is 25.1 Å². The maximum atomic E-state index is 5.91. The molecule has 0 spiro atoms. The molecule has 21 heavy (non-hydrogen) atoms. The molecule has 0 radical (unpaired) electrons. The molecule has 0 aliphatic heterocycles. The molecule has 4 nitrogen and oxygen atoms in total. The van der Waals surface area contributed by atoms with Crippen molar-refractivity contribution >= 4 is 16.6 Å². The van der Waals surface area contributed by atoms with E-state index in [0.29, 0.717) is 6.54 Å². The van der Waals surface area contributed by atoms with E-state index in [1.54, 1.807) is 0 Å². The predicted octanol–water partition coefficient (Wildman–Crippen LogP) is 2.90. The SMILES string of the molecule is Cc1nc2c(OC(C)C)cccc2c(N(C)C)c1CCN. The van der Waals surface area contributed by atoms with Gasteiger partial charge in [0.05, 0.1) is 11.8 Å². The van der Waals surface area contributed by atoms with Crippen molar-refractivity contribution in [3.63, 3.8) is 0 Å². The highest BCUT2D eigenvalue weighted by molar-refractivity contribution is 5.97. The number of nitrogens with zero attached hydrogens (tertiary/aromatic N) is 2. The topological polar surface area (TPSA) is 51.4 Å². The Morgan fingerprint density at radius 1 is 1.29 bits per heavy atom. The zero-order valence-corrected chi connectivity index (χ0v) is 13.6. The van der Waals surface area contributed by atoms with Crippen LogP contribution < -0.4 is 15.4 Å². The molecule has 0 saturated heterocycles. The Morgan fingerprint density at radius 2 is 2.00 bits per heavy atom. The van der Waals surface area contributed by atoms with Crippen molar-refractivity contribution in [2.24, 2.45) is 5.73 Å². The maximum absolute atomic E-state index is 5.91. The fourth-order valence-electron chi connectivity index (χ4n) is 2.70. The summed E-state index contributed by atoms with van der Waals surface area (Å²) in [5.41, 5.74) is 10.1. The lowest BCUT2D eigenvalue weighted by molar-refractivity contribution is 0.245. The molecule has 1 heterocycles. The fraction of sp³-hybridized carbons (Fsp3) is 0.471. The second-order valence-corrected chi connectivity index (χ2v) is 5.78. The lowest BCUT2D eigenvalue weighted by atomic mass is 10.0. The molecule has 0 aliphatic carbocycles. The molecule has 114 valence electrons. The molecule has 0 saturated carbocycles. The minimum absolute atomic E-state index is 0.129. The maximum Gasteiger partial charge on any atom is 0.145 e. The molecule has 2 rings (SSSR count). The average molecular weight is 287 g/mol. The monoisotopic (exact) mass is 287 g/mol. The van der Waals surface area contributed by atoms with Gasteiger partial charge in [0.1, 0.15) is 11.3 Å². The van der Waals surface area contributed by atoms with Crippen LogP contribution in [-0.2, 0) is 6.42 Å². The first-order chi connectivity index (χ1) is 9.95. The van der Waals surface area contributed by atoms with Gasteiger partial charge in [-0.05, 0) is 45.4 Å². The summed E-state index contributed by atoms with van der Waals surface area (Å²) in [6.45, 7) is 6.73. The largest absolute Gasteiger partial charge is 0.489 e. The van der Waals surface area contributed by atoms with Gasteiger partial charge in [-0.15, -0.1) is 0 Å². The van der Waals surface area contributed by atoms with Crippen LogP contribution in [0, 0.1) is 6.92 Å². The van der Waals surface area contributed by atoms with Crippen molar-refractivity contribution in [2.75, 3.05) is 25.5 Å². The van der Waals surface area contributed by atoms with E-state index in [1.165, 1.54) is 11.3 Å². The highest BCUT2D eigenvalue weighted by atomic mass is 16.5. The van der Waals surface area contributed by atoms with Crippen molar-refractivity contribution in [1.29, 1.82) is 0 Å². The summed E-state index contributed by atoms with van der Waals surface area (Å²) in [6.07, 6.45) is 0.960. The Hall–Kier alpha value is -1.81. The van der Waals surface area contributed by atoms with E-state index in [-0.39, 0.29) is 6.10 Å². The molecule has 2 N–H and O–H groups in total. The van der Waals surface area contributed by atoms with Gasteiger partial charge in [-0.1, -0.05) is 12.1 Å². The molecular weight excluding hydrogens is 262 g/mol. The minimum atomic E-state index is 0.129. The van der Waals surface area contributed by atoms with E-state index in [4.69, 9.17) is 15.5 Å². The molecule has 0 atom stereocenters. The van der Waals surface area contributed by atoms with Gasteiger partial charge in [-0.2, -0.15) is 0 Å². The number of anilines is 1. The first-order valence-corrected chi connectivity index (χ1v) is 7.42. The van der Waals surface area contributed by atoms with Gasteiger partial charge in [0, 0.05) is 25.2 Å².